The van der Waals surface area contributed by atoms with Crippen molar-refractivity contribution >= 4 is 39.1 Å². The molecule has 3 heterocycles. The monoisotopic (exact) mass is 350 g/mol. The maximum atomic E-state index is 5.78. The van der Waals surface area contributed by atoms with Crippen LogP contribution in [0, 0.1) is 0 Å². The SMILES string of the molecule is Nc1ncc(Br)nc1Nc1ccc(N2CCOCC2)nc1. The molecule has 0 radical (unpaired) electrons. The summed E-state index contributed by atoms with van der Waals surface area (Å²) in [6, 6.07) is 3.91. The first-order chi connectivity index (χ1) is 10.2. The number of nitrogens with one attached hydrogen (secondary N) is 1. The zero-order valence-electron chi connectivity index (χ0n) is 11.3. The Kier molecular flexibility index (Phi) is 4.16. The minimum atomic E-state index is 0.343. The molecular weight excluding hydrogens is 336 g/mol. The second-order valence-electron chi connectivity index (χ2n) is 4.56. The normalized spacial score (nSPS) is 15.0. The van der Waals surface area contributed by atoms with E-state index in [1.54, 1.807) is 12.4 Å². The number of nitrogens with zero attached hydrogens (tertiary/aromatic N) is 4. The predicted octanol–water partition coefficient (Wildman–Crippen LogP) is 1.80. The van der Waals surface area contributed by atoms with Gasteiger partial charge in [-0.05, 0) is 28.1 Å². The van der Waals surface area contributed by atoms with Gasteiger partial charge in [0.05, 0.1) is 31.3 Å². The van der Waals surface area contributed by atoms with Crippen molar-refractivity contribution in [2.75, 3.05) is 42.3 Å². The van der Waals surface area contributed by atoms with Gasteiger partial charge in [-0.15, -0.1) is 0 Å². The Balaban J connectivity index is 1.73. The standard InChI is InChI=1S/C13H15BrN6O/c14-10-8-17-12(15)13(19-10)18-9-1-2-11(16-7-9)20-3-5-21-6-4-20/h1-2,7-8H,3-6H2,(H2,15,17)(H,18,19). The van der Waals surface area contributed by atoms with Crippen molar-refractivity contribution in [2.45, 2.75) is 0 Å². The molecule has 3 N–H and O–H groups in total. The average molecular weight is 351 g/mol. The molecule has 1 saturated heterocycles. The van der Waals surface area contributed by atoms with Crippen LogP contribution in [0.25, 0.3) is 0 Å². The molecule has 3 rings (SSSR count). The third-order valence-electron chi connectivity index (χ3n) is 3.12. The fourth-order valence-electron chi connectivity index (χ4n) is 2.05. The number of nitrogens with two attached hydrogens (primary N) is 1. The minimum Gasteiger partial charge on any atom is -0.381 e. The van der Waals surface area contributed by atoms with Gasteiger partial charge >= 0.3 is 0 Å². The first kappa shape index (κ1) is 14.0. The van der Waals surface area contributed by atoms with Crippen LogP contribution in [0.3, 0.4) is 0 Å². The smallest absolute Gasteiger partial charge is 0.174 e. The molecule has 0 saturated carbocycles. The largest absolute Gasteiger partial charge is 0.381 e. The van der Waals surface area contributed by atoms with Crippen LogP contribution in [0.15, 0.2) is 29.1 Å². The Labute approximate surface area is 130 Å². The molecule has 0 spiro atoms. The summed E-state index contributed by atoms with van der Waals surface area (Å²) in [5.41, 5.74) is 6.60. The van der Waals surface area contributed by atoms with Gasteiger partial charge in [-0.3, -0.25) is 0 Å². The molecule has 7 nitrogen and oxygen atoms in total. The van der Waals surface area contributed by atoms with E-state index in [4.69, 9.17) is 10.5 Å². The van der Waals surface area contributed by atoms with Gasteiger partial charge in [0.15, 0.2) is 11.6 Å². The van der Waals surface area contributed by atoms with E-state index in [9.17, 15) is 0 Å². The molecule has 21 heavy (non-hydrogen) atoms. The highest BCUT2D eigenvalue weighted by Gasteiger charge is 2.12. The first-order valence-electron chi connectivity index (χ1n) is 6.56. The van der Waals surface area contributed by atoms with E-state index < -0.39 is 0 Å². The number of morpholine rings is 1. The number of hydrogen-bond acceptors (Lipinski definition) is 7. The molecule has 0 unspecified atom stereocenters. The summed E-state index contributed by atoms with van der Waals surface area (Å²) in [6.45, 7) is 3.21. The highest BCUT2D eigenvalue weighted by atomic mass is 79.9. The second kappa shape index (κ2) is 6.23. The number of halogens is 1. The zero-order chi connectivity index (χ0) is 14.7. The number of anilines is 4. The topological polar surface area (TPSA) is 89.2 Å². The molecule has 0 aliphatic carbocycles. The molecule has 2 aromatic rings. The van der Waals surface area contributed by atoms with E-state index in [1.165, 1.54) is 0 Å². The molecule has 0 amide bonds. The van der Waals surface area contributed by atoms with Crippen molar-refractivity contribution in [1.82, 2.24) is 15.0 Å². The van der Waals surface area contributed by atoms with Crippen LogP contribution in [-0.2, 0) is 4.74 Å². The summed E-state index contributed by atoms with van der Waals surface area (Å²) in [5, 5.41) is 3.11. The van der Waals surface area contributed by atoms with E-state index in [2.05, 4.69) is 41.1 Å². The van der Waals surface area contributed by atoms with Crippen LogP contribution in [0.5, 0.6) is 0 Å². The molecule has 0 aromatic carbocycles. The van der Waals surface area contributed by atoms with Crippen LogP contribution in [-0.4, -0.2) is 41.3 Å². The number of nitrogen functional groups attached to an aromatic ring is 1. The predicted molar refractivity (Wildman–Crippen MR) is 84.7 cm³/mol. The van der Waals surface area contributed by atoms with Gasteiger partial charge in [0.1, 0.15) is 10.4 Å². The third-order valence-corrected chi connectivity index (χ3v) is 3.50. The lowest BCUT2D eigenvalue weighted by Gasteiger charge is -2.27. The van der Waals surface area contributed by atoms with Gasteiger partial charge in [0.25, 0.3) is 0 Å². The maximum Gasteiger partial charge on any atom is 0.174 e. The van der Waals surface area contributed by atoms with Crippen LogP contribution >= 0.6 is 15.9 Å². The van der Waals surface area contributed by atoms with Crippen molar-refractivity contribution in [3.8, 4) is 0 Å². The lowest BCUT2D eigenvalue weighted by atomic mass is 10.3. The summed E-state index contributed by atoms with van der Waals surface area (Å²) in [6.07, 6.45) is 3.31. The van der Waals surface area contributed by atoms with Gasteiger partial charge < -0.3 is 20.7 Å². The van der Waals surface area contributed by atoms with Crippen LogP contribution in [0.2, 0.25) is 0 Å². The van der Waals surface area contributed by atoms with E-state index in [1.807, 2.05) is 12.1 Å². The van der Waals surface area contributed by atoms with Gasteiger partial charge in [-0.25, -0.2) is 15.0 Å². The summed E-state index contributed by atoms with van der Waals surface area (Å²) < 4.78 is 5.96. The fraction of sp³-hybridized carbons (Fsp3) is 0.308. The van der Waals surface area contributed by atoms with Crippen molar-refractivity contribution in [3.63, 3.8) is 0 Å². The molecule has 1 aliphatic rings. The Bertz CT molecular complexity index is 615. The van der Waals surface area contributed by atoms with Crippen LogP contribution in [0.4, 0.5) is 23.1 Å². The van der Waals surface area contributed by atoms with Gasteiger partial charge in [0.2, 0.25) is 0 Å². The number of rotatable bonds is 3. The summed E-state index contributed by atoms with van der Waals surface area (Å²) >= 11 is 3.27. The van der Waals surface area contributed by atoms with Crippen LogP contribution in [0.1, 0.15) is 0 Å². The van der Waals surface area contributed by atoms with Crippen molar-refractivity contribution < 1.29 is 4.74 Å². The number of pyridine rings is 1. The van der Waals surface area contributed by atoms with E-state index in [0.717, 1.165) is 37.8 Å². The Morgan fingerprint density at radius 2 is 2.00 bits per heavy atom. The van der Waals surface area contributed by atoms with Crippen LogP contribution < -0.4 is 16.0 Å². The summed E-state index contributed by atoms with van der Waals surface area (Å²) in [4.78, 5) is 14.9. The Morgan fingerprint density at radius 1 is 1.19 bits per heavy atom. The van der Waals surface area contributed by atoms with Crippen molar-refractivity contribution in [3.05, 3.63) is 29.1 Å². The molecule has 2 aromatic heterocycles. The fourth-order valence-corrected chi connectivity index (χ4v) is 2.32. The highest BCUT2D eigenvalue weighted by molar-refractivity contribution is 9.10. The van der Waals surface area contributed by atoms with E-state index >= 15 is 0 Å². The molecule has 0 bridgehead atoms. The summed E-state index contributed by atoms with van der Waals surface area (Å²) in [7, 11) is 0. The second-order valence-corrected chi connectivity index (χ2v) is 5.37. The molecular formula is C13H15BrN6O. The Hall–Kier alpha value is -1.93. The molecule has 110 valence electrons. The molecule has 0 atom stereocenters. The third kappa shape index (κ3) is 3.40. The average Bonchev–Trinajstić information content (AvgIpc) is 2.53. The minimum absolute atomic E-state index is 0.343. The zero-order valence-corrected chi connectivity index (χ0v) is 12.9. The van der Waals surface area contributed by atoms with E-state index in [-0.39, 0.29) is 0 Å². The molecule has 1 fully saturated rings. The lowest BCUT2D eigenvalue weighted by molar-refractivity contribution is 0.122. The van der Waals surface area contributed by atoms with Crippen molar-refractivity contribution in [2.24, 2.45) is 0 Å². The highest BCUT2D eigenvalue weighted by Crippen LogP contribution is 2.22. The lowest BCUT2D eigenvalue weighted by Crippen LogP contribution is -2.36. The first-order valence-corrected chi connectivity index (χ1v) is 7.35. The maximum absolute atomic E-state index is 5.78. The van der Waals surface area contributed by atoms with Crippen molar-refractivity contribution in [1.29, 1.82) is 0 Å². The summed E-state index contributed by atoms with van der Waals surface area (Å²) in [5.74, 6) is 1.79. The number of hydrogen-bond donors (Lipinski definition) is 2. The van der Waals surface area contributed by atoms with E-state index in [0.29, 0.717) is 16.2 Å². The number of ether oxygens (including phenoxy) is 1. The Morgan fingerprint density at radius 3 is 2.71 bits per heavy atom. The van der Waals surface area contributed by atoms with Gasteiger partial charge in [-0.1, -0.05) is 0 Å². The van der Waals surface area contributed by atoms with Gasteiger partial charge in [-0.2, -0.15) is 0 Å². The number of aromatic nitrogens is 3. The molecule has 1 aliphatic heterocycles. The van der Waals surface area contributed by atoms with Gasteiger partial charge in [0, 0.05) is 13.1 Å². The quantitative estimate of drug-likeness (QED) is 0.872. The molecule has 8 heteroatoms.